The topological polar surface area (TPSA) is 35.2 Å². The monoisotopic (exact) mass is 259 g/mol. The first-order valence-corrected chi connectivity index (χ1v) is 6.38. The van der Waals surface area contributed by atoms with E-state index in [2.05, 4.69) is 0 Å². The Kier molecular flexibility index (Phi) is 4.53. The first kappa shape index (κ1) is 13.6. The van der Waals surface area contributed by atoms with Gasteiger partial charge in [0, 0.05) is 6.42 Å². The highest BCUT2D eigenvalue weighted by atomic mass is 19.1. The molecule has 2 nitrogen and oxygen atoms in total. The smallest absolute Gasteiger partial charge is 0.125 e. The van der Waals surface area contributed by atoms with Gasteiger partial charge in [0.25, 0.3) is 0 Å². The summed E-state index contributed by atoms with van der Waals surface area (Å²) in [7, 11) is 0. The summed E-state index contributed by atoms with van der Waals surface area (Å²) in [6, 6.07) is 14.3. The average molecular weight is 259 g/mol. The van der Waals surface area contributed by atoms with Crippen LogP contribution in [0, 0.1) is 12.7 Å². The zero-order chi connectivity index (χ0) is 13.7. The van der Waals surface area contributed by atoms with Crippen LogP contribution in [0.3, 0.4) is 0 Å². The van der Waals surface area contributed by atoms with Crippen molar-refractivity contribution in [3.63, 3.8) is 0 Å². The van der Waals surface area contributed by atoms with E-state index < -0.39 is 0 Å². The maximum absolute atomic E-state index is 13.3. The van der Waals surface area contributed by atoms with E-state index in [0.29, 0.717) is 13.0 Å². The van der Waals surface area contributed by atoms with Gasteiger partial charge in [0.1, 0.15) is 17.7 Å². The second-order valence-electron chi connectivity index (χ2n) is 4.50. The molecule has 0 aliphatic rings. The van der Waals surface area contributed by atoms with E-state index in [4.69, 9.17) is 10.5 Å². The van der Waals surface area contributed by atoms with Gasteiger partial charge in [0.2, 0.25) is 0 Å². The number of benzene rings is 2. The first-order chi connectivity index (χ1) is 9.20. The van der Waals surface area contributed by atoms with E-state index in [1.54, 1.807) is 6.07 Å². The molecule has 0 saturated heterocycles. The number of ether oxygens (including phenoxy) is 1. The molecule has 2 N–H and O–H groups in total. The van der Waals surface area contributed by atoms with Crippen LogP contribution in [0.15, 0.2) is 48.5 Å². The molecule has 100 valence electrons. The molecular weight excluding hydrogens is 241 g/mol. The van der Waals surface area contributed by atoms with Gasteiger partial charge < -0.3 is 10.5 Å². The summed E-state index contributed by atoms with van der Waals surface area (Å²) in [5, 5.41) is 0. The molecule has 0 radical (unpaired) electrons. The van der Waals surface area contributed by atoms with Crippen LogP contribution in [0.2, 0.25) is 0 Å². The highest BCUT2D eigenvalue weighted by molar-refractivity contribution is 5.33. The van der Waals surface area contributed by atoms with Crippen LogP contribution in [0.5, 0.6) is 5.75 Å². The van der Waals surface area contributed by atoms with Crippen LogP contribution in [0.4, 0.5) is 4.39 Å². The second kappa shape index (κ2) is 6.34. The number of hydrogen-bond acceptors (Lipinski definition) is 2. The van der Waals surface area contributed by atoms with E-state index in [-0.39, 0.29) is 11.9 Å². The van der Waals surface area contributed by atoms with E-state index in [1.807, 2.05) is 37.3 Å². The molecule has 3 heteroatoms. The van der Waals surface area contributed by atoms with Crippen molar-refractivity contribution >= 4 is 0 Å². The molecular formula is C16H18FNO. The predicted octanol–water partition coefficient (Wildman–Crippen LogP) is 3.60. The Morgan fingerprint density at radius 3 is 2.63 bits per heavy atom. The normalized spacial score (nSPS) is 12.2. The molecule has 0 aromatic heterocycles. The van der Waals surface area contributed by atoms with Crippen LogP contribution in [0.25, 0.3) is 0 Å². The number of rotatable bonds is 5. The standard InChI is InChI=1S/C16H18FNO/c1-12-5-2-3-8-15(12)19-16(9-10-18)13-6-4-7-14(17)11-13/h2-8,11,16H,9-10,18H2,1H3/t16-/m0/s1. The minimum atomic E-state index is -0.257. The third-order valence-corrected chi connectivity index (χ3v) is 3.01. The maximum Gasteiger partial charge on any atom is 0.125 e. The van der Waals surface area contributed by atoms with Crippen molar-refractivity contribution in [1.29, 1.82) is 0 Å². The Morgan fingerprint density at radius 2 is 1.95 bits per heavy atom. The Hall–Kier alpha value is -1.87. The summed E-state index contributed by atoms with van der Waals surface area (Å²) in [5.74, 6) is 0.554. The molecule has 0 heterocycles. The van der Waals surface area contributed by atoms with Gasteiger partial charge in [-0.3, -0.25) is 0 Å². The Morgan fingerprint density at radius 1 is 1.16 bits per heavy atom. The molecule has 0 aliphatic carbocycles. The van der Waals surface area contributed by atoms with Crippen molar-refractivity contribution in [2.24, 2.45) is 5.73 Å². The molecule has 0 aliphatic heterocycles. The minimum Gasteiger partial charge on any atom is -0.485 e. The fourth-order valence-corrected chi connectivity index (χ4v) is 1.99. The van der Waals surface area contributed by atoms with Gasteiger partial charge in [0.05, 0.1) is 0 Å². The number of hydrogen-bond donors (Lipinski definition) is 1. The van der Waals surface area contributed by atoms with Crippen LogP contribution < -0.4 is 10.5 Å². The van der Waals surface area contributed by atoms with Crippen LogP contribution in [-0.2, 0) is 0 Å². The van der Waals surface area contributed by atoms with Gasteiger partial charge in [0.15, 0.2) is 0 Å². The quantitative estimate of drug-likeness (QED) is 0.890. The number of halogens is 1. The van der Waals surface area contributed by atoms with Crippen molar-refractivity contribution in [2.75, 3.05) is 6.54 Å². The molecule has 0 amide bonds. The van der Waals surface area contributed by atoms with Crippen LogP contribution in [0.1, 0.15) is 23.7 Å². The molecule has 2 aromatic rings. The molecule has 19 heavy (non-hydrogen) atoms. The lowest BCUT2D eigenvalue weighted by Gasteiger charge is -2.20. The Bertz CT molecular complexity index is 542. The summed E-state index contributed by atoms with van der Waals surface area (Å²) >= 11 is 0. The summed E-state index contributed by atoms with van der Waals surface area (Å²) in [4.78, 5) is 0. The second-order valence-corrected chi connectivity index (χ2v) is 4.50. The van der Waals surface area contributed by atoms with Gasteiger partial charge >= 0.3 is 0 Å². The zero-order valence-electron chi connectivity index (χ0n) is 11.0. The highest BCUT2D eigenvalue weighted by Crippen LogP contribution is 2.27. The SMILES string of the molecule is Cc1ccccc1O[C@@H](CCN)c1cccc(F)c1. The van der Waals surface area contributed by atoms with E-state index >= 15 is 0 Å². The van der Waals surface area contributed by atoms with Gasteiger partial charge in [-0.25, -0.2) is 4.39 Å². The van der Waals surface area contributed by atoms with E-state index in [1.165, 1.54) is 12.1 Å². The number of aryl methyl sites for hydroxylation is 1. The van der Waals surface area contributed by atoms with E-state index in [9.17, 15) is 4.39 Å². The summed E-state index contributed by atoms with van der Waals surface area (Å²) in [6.45, 7) is 2.48. The van der Waals surface area contributed by atoms with Crippen molar-refractivity contribution in [3.05, 3.63) is 65.5 Å². The summed E-state index contributed by atoms with van der Waals surface area (Å²) < 4.78 is 19.3. The lowest BCUT2D eigenvalue weighted by Crippen LogP contribution is -2.14. The fourth-order valence-electron chi connectivity index (χ4n) is 1.99. The third kappa shape index (κ3) is 3.55. The van der Waals surface area contributed by atoms with E-state index in [0.717, 1.165) is 16.9 Å². The first-order valence-electron chi connectivity index (χ1n) is 6.38. The fraction of sp³-hybridized carbons (Fsp3) is 0.250. The van der Waals surface area contributed by atoms with Crippen molar-refractivity contribution in [2.45, 2.75) is 19.4 Å². The van der Waals surface area contributed by atoms with Gasteiger partial charge in [-0.15, -0.1) is 0 Å². The Balaban J connectivity index is 2.24. The largest absolute Gasteiger partial charge is 0.485 e. The lowest BCUT2D eigenvalue weighted by atomic mass is 10.1. The summed E-state index contributed by atoms with van der Waals surface area (Å²) in [5.41, 5.74) is 7.49. The molecule has 2 aromatic carbocycles. The van der Waals surface area contributed by atoms with Crippen LogP contribution >= 0.6 is 0 Å². The molecule has 0 fully saturated rings. The molecule has 0 saturated carbocycles. The van der Waals surface area contributed by atoms with Crippen LogP contribution in [-0.4, -0.2) is 6.54 Å². The molecule has 1 atom stereocenters. The minimum absolute atomic E-state index is 0.221. The average Bonchev–Trinajstić information content (AvgIpc) is 2.40. The Labute approximate surface area is 113 Å². The van der Waals surface area contributed by atoms with Crippen molar-refractivity contribution < 1.29 is 9.13 Å². The summed E-state index contributed by atoms with van der Waals surface area (Å²) in [6.07, 6.45) is 0.430. The number of para-hydroxylation sites is 1. The lowest BCUT2D eigenvalue weighted by molar-refractivity contribution is 0.196. The predicted molar refractivity (Wildman–Crippen MR) is 74.6 cm³/mol. The molecule has 0 unspecified atom stereocenters. The van der Waals surface area contributed by atoms with Gasteiger partial charge in [-0.2, -0.15) is 0 Å². The van der Waals surface area contributed by atoms with Crippen molar-refractivity contribution in [1.82, 2.24) is 0 Å². The molecule has 0 spiro atoms. The highest BCUT2D eigenvalue weighted by Gasteiger charge is 2.14. The van der Waals surface area contributed by atoms with Crippen molar-refractivity contribution in [3.8, 4) is 5.75 Å². The maximum atomic E-state index is 13.3. The molecule has 2 rings (SSSR count). The molecule has 0 bridgehead atoms. The van der Waals surface area contributed by atoms with Gasteiger partial charge in [-0.05, 0) is 42.8 Å². The van der Waals surface area contributed by atoms with Gasteiger partial charge in [-0.1, -0.05) is 30.3 Å². The zero-order valence-corrected chi connectivity index (χ0v) is 11.0. The number of nitrogens with two attached hydrogens (primary N) is 1. The third-order valence-electron chi connectivity index (χ3n) is 3.01.